The summed E-state index contributed by atoms with van der Waals surface area (Å²) >= 11 is 6.33. The lowest BCUT2D eigenvalue weighted by molar-refractivity contribution is 0.0578. The fourth-order valence-corrected chi connectivity index (χ4v) is 4.00. The molecule has 0 bridgehead atoms. The largest absolute Gasteiger partial charge is 0.422 e. The van der Waals surface area contributed by atoms with Crippen LogP contribution >= 0.6 is 11.6 Å². The van der Waals surface area contributed by atoms with Crippen LogP contribution in [0.2, 0.25) is 5.02 Å². The molecule has 1 unspecified atom stereocenters. The molecule has 5 nitrogen and oxygen atoms in total. The molecule has 1 amide bonds. The number of halogens is 1. The van der Waals surface area contributed by atoms with Crippen molar-refractivity contribution in [3.05, 3.63) is 81.2 Å². The highest BCUT2D eigenvalue weighted by molar-refractivity contribution is 6.31. The van der Waals surface area contributed by atoms with Crippen LogP contribution in [0.1, 0.15) is 28.9 Å². The van der Waals surface area contributed by atoms with Crippen LogP contribution in [0.25, 0.3) is 11.0 Å². The predicted octanol–water partition coefficient (Wildman–Crippen LogP) is 3.97. The van der Waals surface area contributed by atoms with E-state index in [0.29, 0.717) is 18.7 Å². The number of carbonyl (C=O) groups excluding carboxylic acids is 1. The van der Waals surface area contributed by atoms with Crippen LogP contribution in [0.5, 0.6) is 0 Å². The highest BCUT2D eigenvalue weighted by Crippen LogP contribution is 2.28. The number of hydrogen-bond acceptors (Lipinski definition) is 4. The first-order valence-corrected chi connectivity index (χ1v) is 9.73. The summed E-state index contributed by atoms with van der Waals surface area (Å²) < 4.78 is 5.31. The molecule has 1 aliphatic rings. The van der Waals surface area contributed by atoms with Crippen LogP contribution < -0.4 is 5.63 Å². The van der Waals surface area contributed by atoms with Gasteiger partial charge in [0.15, 0.2) is 0 Å². The number of fused-ring (bicyclic) bond motifs is 1. The maximum Gasteiger partial charge on any atom is 0.349 e. The van der Waals surface area contributed by atoms with Gasteiger partial charge in [0, 0.05) is 42.6 Å². The summed E-state index contributed by atoms with van der Waals surface area (Å²) in [6.45, 7) is 4.67. The SMILES string of the molecule is CC(c1ccccc1Cl)N1CCN(C(=O)c2cc3ccccc3oc2=O)CC1. The maximum absolute atomic E-state index is 12.9. The summed E-state index contributed by atoms with van der Waals surface area (Å²) in [6, 6.07) is 16.8. The molecular weight excluding hydrogens is 376 g/mol. The van der Waals surface area contributed by atoms with E-state index in [1.165, 1.54) is 0 Å². The van der Waals surface area contributed by atoms with E-state index in [-0.39, 0.29) is 17.5 Å². The standard InChI is InChI=1S/C22H21ClN2O3/c1-15(17-7-3-4-8-19(17)23)24-10-12-25(13-11-24)21(26)18-14-16-6-2-5-9-20(16)28-22(18)27/h2-9,14-15H,10-13H2,1H3. The van der Waals surface area contributed by atoms with E-state index in [1.54, 1.807) is 23.1 Å². The summed E-state index contributed by atoms with van der Waals surface area (Å²) in [5.74, 6) is -0.274. The second-order valence-corrected chi connectivity index (χ2v) is 7.42. The first-order valence-electron chi connectivity index (χ1n) is 9.35. The summed E-state index contributed by atoms with van der Waals surface area (Å²) in [5, 5.41) is 1.50. The van der Waals surface area contributed by atoms with Gasteiger partial charge in [0.05, 0.1) is 0 Å². The second-order valence-electron chi connectivity index (χ2n) is 7.01. The van der Waals surface area contributed by atoms with Crippen molar-refractivity contribution in [2.45, 2.75) is 13.0 Å². The molecule has 1 atom stereocenters. The predicted molar refractivity (Wildman–Crippen MR) is 110 cm³/mol. The Labute approximate surface area is 168 Å². The van der Waals surface area contributed by atoms with Gasteiger partial charge < -0.3 is 9.32 Å². The van der Waals surface area contributed by atoms with Crippen molar-refractivity contribution in [1.29, 1.82) is 0 Å². The Morgan fingerprint density at radius 3 is 2.46 bits per heavy atom. The van der Waals surface area contributed by atoms with Gasteiger partial charge >= 0.3 is 5.63 Å². The molecule has 1 aromatic heterocycles. The zero-order valence-corrected chi connectivity index (χ0v) is 16.4. The van der Waals surface area contributed by atoms with Crippen molar-refractivity contribution in [3.63, 3.8) is 0 Å². The van der Waals surface area contributed by atoms with Gasteiger partial charge in [-0.1, -0.05) is 48.0 Å². The summed E-state index contributed by atoms with van der Waals surface area (Å²) in [4.78, 5) is 29.2. The van der Waals surface area contributed by atoms with Crippen LogP contribution in [-0.4, -0.2) is 41.9 Å². The normalized spacial score (nSPS) is 16.3. The maximum atomic E-state index is 12.9. The van der Waals surface area contributed by atoms with Gasteiger partial charge in [0.2, 0.25) is 0 Å². The van der Waals surface area contributed by atoms with Crippen molar-refractivity contribution < 1.29 is 9.21 Å². The lowest BCUT2D eigenvalue weighted by atomic mass is 10.1. The van der Waals surface area contributed by atoms with E-state index < -0.39 is 5.63 Å². The first-order chi connectivity index (χ1) is 13.5. The molecule has 1 fully saturated rings. The molecule has 6 heteroatoms. The number of para-hydroxylation sites is 1. The number of amides is 1. The fourth-order valence-electron chi connectivity index (χ4n) is 3.70. The lowest BCUT2D eigenvalue weighted by Gasteiger charge is -2.38. The van der Waals surface area contributed by atoms with Gasteiger partial charge in [0.25, 0.3) is 5.91 Å². The van der Waals surface area contributed by atoms with Crippen LogP contribution in [0.3, 0.4) is 0 Å². The third-order valence-electron chi connectivity index (χ3n) is 5.38. The van der Waals surface area contributed by atoms with E-state index in [9.17, 15) is 9.59 Å². The minimum atomic E-state index is -0.587. The average molecular weight is 397 g/mol. The highest BCUT2D eigenvalue weighted by Gasteiger charge is 2.27. The van der Waals surface area contributed by atoms with Crippen molar-refractivity contribution in [1.82, 2.24) is 9.80 Å². The van der Waals surface area contributed by atoms with Crippen molar-refractivity contribution in [2.24, 2.45) is 0 Å². The summed E-state index contributed by atoms with van der Waals surface area (Å²) in [5.41, 5.74) is 1.07. The second kappa shape index (κ2) is 7.78. The lowest BCUT2D eigenvalue weighted by Crippen LogP contribution is -2.50. The van der Waals surface area contributed by atoms with Crippen molar-refractivity contribution in [3.8, 4) is 0 Å². The molecular formula is C22H21ClN2O3. The average Bonchev–Trinajstić information content (AvgIpc) is 2.73. The number of piperazine rings is 1. The summed E-state index contributed by atoms with van der Waals surface area (Å²) in [7, 11) is 0. The molecule has 0 saturated carbocycles. The van der Waals surface area contributed by atoms with Gasteiger partial charge in [-0.3, -0.25) is 9.69 Å². The molecule has 144 valence electrons. The van der Waals surface area contributed by atoms with E-state index >= 15 is 0 Å². The fraction of sp³-hybridized carbons (Fsp3) is 0.273. The number of rotatable bonds is 3. The molecule has 0 N–H and O–H groups in total. The molecule has 0 aliphatic carbocycles. The van der Waals surface area contributed by atoms with Gasteiger partial charge in [-0.05, 0) is 30.7 Å². The highest BCUT2D eigenvalue weighted by atomic mass is 35.5. The minimum absolute atomic E-state index is 0.0892. The quantitative estimate of drug-likeness (QED) is 0.629. The molecule has 2 aromatic carbocycles. The monoisotopic (exact) mass is 396 g/mol. The topological polar surface area (TPSA) is 53.8 Å². The van der Waals surface area contributed by atoms with Crippen LogP contribution in [0.15, 0.2) is 63.8 Å². The summed E-state index contributed by atoms with van der Waals surface area (Å²) in [6.07, 6.45) is 0. The number of nitrogens with zero attached hydrogens (tertiary/aromatic N) is 2. The number of benzene rings is 2. The zero-order valence-electron chi connectivity index (χ0n) is 15.6. The molecule has 2 heterocycles. The molecule has 0 spiro atoms. The Morgan fingerprint density at radius 1 is 1.04 bits per heavy atom. The van der Waals surface area contributed by atoms with Gasteiger partial charge in [-0.25, -0.2) is 4.79 Å². The first kappa shape index (κ1) is 18.7. The van der Waals surface area contributed by atoms with Crippen LogP contribution in [0, 0.1) is 0 Å². The Morgan fingerprint density at radius 2 is 1.71 bits per heavy atom. The third-order valence-corrected chi connectivity index (χ3v) is 5.72. The molecule has 3 aromatic rings. The molecule has 0 radical (unpaired) electrons. The van der Waals surface area contributed by atoms with Crippen LogP contribution in [0.4, 0.5) is 0 Å². The molecule has 28 heavy (non-hydrogen) atoms. The Hall–Kier alpha value is -2.63. The Bertz CT molecular complexity index is 1070. The number of hydrogen-bond donors (Lipinski definition) is 0. The van der Waals surface area contributed by atoms with Crippen molar-refractivity contribution >= 4 is 28.5 Å². The Kier molecular flexibility index (Phi) is 5.20. The number of carbonyl (C=O) groups is 1. The van der Waals surface area contributed by atoms with Crippen LogP contribution in [-0.2, 0) is 0 Å². The van der Waals surface area contributed by atoms with E-state index in [2.05, 4.69) is 11.8 Å². The van der Waals surface area contributed by atoms with Gasteiger partial charge in [-0.2, -0.15) is 0 Å². The van der Waals surface area contributed by atoms with Crippen molar-refractivity contribution in [2.75, 3.05) is 26.2 Å². The Balaban J connectivity index is 1.48. The zero-order chi connectivity index (χ0) is 19.7. The molecule has 1 saturated heterocycles. The molecule has 1 aliphatic heterocycles. The molecule has 4 rings (SSSR count). The van der Waals surface area contributed by atoms with Gasteiger partial charge in [-0.15, -0.1) is 0 Å². The minimum Gasteiger partial charge on any atom is -0.422 e. The van der Waals surface area contributed by atoms with Gasteiger partial charge in [0.1, 0.15) is 11.1 Å². The van der Waals surface area contributed by atoms with E-state index in [4.69, 9.17) is 16.0 Å². The van der Waals surface area contributed by atoms with E-state index in [1.807, 2.05) is 36.4 Å². The smallest absolute Gasteiger partial charge is 0.349 e. The van der Waals surface area contributed by atoms with E-state index in [0.717, 1.165) is 29.1 Å². The third kappa shape index (κ3) is 3.55.